The maximum Gasteiger partial charge on any atom is 0.150 e. The molecule has 1 saturated heterocycles. The molecule has 28 heavy (non-hydrogen) atoms. The van der Waals surface area contributed by atoms with Crippen molar-refractivity contribution in [1.29, 1.82) is 0 Å². The molecule has 3 nitrogen and oxygen atoms in total. The van der Waals surface area contributed by atoms with Crippen LogP contribution in [0.4, 0.5) is 0 Å². The van der Waals surface area contributed by atoms with E-state index >= 15 is 0 Å². The fourth-order valence-electron chi connectivity index (χ4n) is 8.90. The van der Waals surface area contributed by atoms with Crippen molar-refractivity contribution in [3.8, 4) is 0 Å². The summed E-state index contributed by atoms with van der Waals surface area (Å²) in [6.45, 7) is 7.13. The van der Waals surface area contributed by atoms with Gasteiger partial charge in [0.25, 0.3) is 0 Å². The minimum atomic E-state index is -0.219. The molecule has 0 amide bonds. The van der Waals surface area contributed by atoms with Crippen LogP contribution in [0.3, 0.4) is 0 Å². The predicted octanol–water partition coefficient (Wildman–Crippen LogP) is 4.53. The van der Waals surface area contributed by atoms with E-state index in [9.17, 15) is 9.90 Å². The van der Waals surface area contributed by atoms with Crippen molar-refractivity contribution in [3.05, 3.63) is 0 Å². The Morgan fingerprint density at radius 2 is 1.82 bits per heavy atom. The molecule has 0 aromatic heterocycles. The average Bonchev–Trinajstić information content (AvgIpc) is 3.23. The van der Waals surface area contributed by atoms with Gasteiger partial charge >= 0.3 is 0 Å². The fraction of sp³-hybridized carbons (Fsp3) is 0.960. The Hall–Kier alpha value is -0.410. The van der Waals surface area contributed by atoms with Crippen LogP contribution >= 0.6 is 0 Å². The van der Waals surface area contributed by atoms with E-state index in [2.05, 4.69) is 18.7 Å². The second kappa shape index (κ2) is 7.38. The number of aliphatic hydroxyl groups is 1. The van der Waals surface area contributed by atoms with Gasteiger partial charge in [0.1, 0.15) is 5.78 Å². The zero-order valence-corrected chi connectivity index (χ0v) is 18.1. The lowest BCUT2D eigenvalue weighted by Crippen LogP contribution is -2.50. The lowest BCUT2D eigenvalue weighted by Gasteiger charge is -2.56. The van der Waals surface area contributed by atoms with Crippen LogP contribution in [0.15, 0.2) is 0 Å². The van der Waals surface area contributed by atoms with E-state index in [0.717, 1.165) is 54.9 Å². The first-order valence-corrected chi connectivity index (χ1v) is 12.4. The summed E-state index contributed by atoms with van der Waals surface area (Å²) in [5, 5.41) is 9.80. The number of fused-ring (bicyclic) bond motifs is 5. The van der Waals surface area contributed by atoms with Crippen molar-refractivity contribution in [2.45, 2.75) is 84.2 Å². The Kier molecular flexibility index (Phi) is 5.15. The predicted molar refractivity (Wildman–Crippen MR) is 112 cm³/mol. The number of hydrogen-bond acceptors (Lipinski definition) is 3. The third kappa shape index (κ3) is 3.20. The van der Waals surface area contributed by atoms with Crippen molar-refractivity contribution in [3.63, 3.8) is 0 Å². The van der Waals surface area contributed by atoms with E-state index in [-0.39, 0.29) is 17.4 Å². The summed E-state index contributed by atoms with van der Waals surface area (Å²) >= 11 is 0. The summed E-state index contributed by atoms with van der Waals surface area (Å²) < 4.78 is 0. The molecule has 1 heterocycles. The molecule has 0 aromatic rings. The molecule has 0 bridgehead atoms. The molecule has 0 spiro atoms. The quantitative estimate of drug-likeness (QED) is 0.773. The molecule has 5 aliphatic rings. The van der Waals surface area contributed by atoms with Crippen molar-refractivity contribution < 1.29 is 9.90 Å². The highest BCUT2D eigenvalue weighted by molar-refractivity contribution is 5.84. The maximum absolute atomic E-state index is 13.3. The molecule has 3 heteroatoms. The fourth-order valence-corrected chi connectivity index (χ4v) is 8.90. The van der Waals surface area contributed by atoms with Gasteiger partial charge in [0.2, 0.25) is 0 Å². The van der Waals surface area contributed by atoms with Crippen LogP contribution in [-0.4, -0.2) is 41.5 Å². The van der Waals surface area contributed by atoms with Gasteiger partial charge in [0.15, 0.2) is 0 Å². The number of β-amino-alcohol motifs (C(OH)–C–C–N with tert-alkyl or cyclic N) is 1. The van der Waals surface area contributed by atoms with Gasteiger partial charge in [-0.05, 0) is 98.7 Å². The summed E-state index contributed by atoms with van der Waals surface area (Å²) in [6.07, 6.45) is 13.0. The van der Waals surface area contributed by atoms with E-state index in [0.29, 0.717) is 18.9 Å². The molecule has 5 rings (SSSR count). The number of aliphatic hydroxyl groups excluding tert-OH is 1. The Balaban J connectivity index is 1.28. The molecule has 4 aliphatic carbocycles. The van der Waals surface area contributed by atoms with Crippen molar-refractivity contribution >= 4 is 5.78 Å². The van der Waals surface area contributed by atoms with E-state index in [1.54, 1.807) is 0 Å². The zero-order chi connectivity index (χ0) is 19.5. The number of ketones is 1. The van der Waals surface area contributed by atoms with Crippen LogP contribution in [0.5, 0.6) is 0 Å². The smallest absolute Gasteiger partial charge is 0.150 e. The van der Waals surface area contributed by atoms with Gasteiger partial charge < -0.3 is 5.11 Å². The van der Waals surface area contributed by atoms with Crippen molar-refractivity contribution in [2.24, 2.45) is 46.8 Å². The summed E-state index contributed by atoms with van der Waals surface area (Å²) in [4.78, 5) is 15.5. The minimum Gasteiger partial charge on any atom is -0.392 e. The van der Waals surface area contributed by atoms with Crippen LogP contribution in [0.2, 0.25) is 0 Å². The van der Waals surface area contributed by atoms with Crippen LogP contribution in [-0.2, 0) is 4.79 Å². The van der Waals surface area contributed by atoms with E-state index in [1.165, 1.54) is 51.4 Å². The lowest BCUT2D eigenvalue weighted by atomic mass is 9.49. The number of Topliss-reactive ketones (excluding diaryl/α,β-unsaturated/α-hetero) is 1. The van der Waals surface area contributed by atoms with Gasteiger partial charge in [-0.15, -0.1) is 0 Å². The first-order valence-electron chi connectivity index (χ1n) is 12.4. The Bertz CT molecular complexity index is 605. The largest absolute Gasteiger partial charge is 0.392 e. The third-order valence-electron chi connectivity index (χ3n) is 10.2. The molecule has 4 saturated carbocycles. The Morgan fingerprint density at radius 3 is 2.61 bits per heavy atom. The first-order chi connectivity index (χ1) is 13.5. The average molecular weight is 388 g/mol. The van der Waals surface area contributed by atoms with Crippen molar-refractivity contribution in [2.75, 3.05) is 19.6 Å². The monoisotopic (exact) mass is 387 g/mol. The second-order valence-corrected chi connectivity index (χ2v) is 11.7. The zero-order valence-electron chi connectivity index (χ0n) is 18.1. The molecule has 1 N–H and O–H groups in total. The van der Waals surface area contributed by atoms with Gasteiger partial charge in [-0.25, -0.2) is 0 Å². The SMILES string of the molecule is CC1CCC2C(CCC3C2CCC2(C)C(C(=O)CN4CCC(O)C4)CCC32)C1. The van der Waals surface area contributed by atoms with Gasteiger partial charge in [-0.1, -0.05) is 20.3 Å². The number of rotatable bonds is 3. The molecular weight excluding hydrogens is 346 g/mol. The van der Waals surface area contributed by atoms with Crippen LogP contribution in [0, 0.1) is 46.8 Å². The molecule has 1 aliphatic heterocycles. The molecular formula is C25H41NO2. The molecule has 0 aromatic carbocycles. The standard InChI is InChI=1S/C25H41NO2/c1-16-3-5-19-17(13-16)4-6-21-20(19)9-11-25(2)22(21)7-8-23(25)24(28)15-26-12-10-18(27)14-26/h16-23,27H,3-15H2,1-2H3. The molecule has 9 atom stereocenters. The van der Waals surface area contributed by atoms with Gasteiger partial charge in [0.05, 0.1) is 12.6 Å². The normalized spacial score (nSPS) is 51.4. The van der Waals surface area contributed by atoms with E-state index < -0.39 is 0 Å². The number of nitrogens with zero attached hydrogens (tertiary/aromatic N) is 1. The van der Waals surface area contributed by atoms with Crippen LogP contribution < -0.4 is 0 Å². The molecule has 9 unspecified atom stereocenters. The second-order valence-electron chi connectivity index (χ2n) is 11.7. The van der Waals surface area contributed by atoms with Crippen LogP contribution in [0.25, 0.3) is 0 Å². The minimum absolute atomic E-state index is 0.219. The van der Waals surface area contributed by atoms with E-state index in [1.807, 2.05) is 0 Å². The summed E-state index contributed by atoms with van der Waals surface area (Å²) in [6, 6.07) is 0. The van der Waals surface area contributed by atoms with Gasteiger partial charge in [-0.3, -0.25) is 9.69 Å². The number of carbonyl (C=O) groups excluding carboxylic acids is 1. The van der Waals surface area contributed by atoms with E-state index in [4.69, 9.17) is 0 Å². The Morgan fingerprint density at radius 1 is 1.00 bits per heavy atom. The maximum atomic E-state index is 13.3. The third-order valence-corrected chi connectivity index (χ3v) is 10.2. The highest BCUT2D eigenvalue weighted by atomic mass is 16.3. The number of likely N-dealkylation sites (tertiary alicyclic amines) is 1. The topological polar surface area (TPSA) is 40.5 Å². The first kappa shape index (κ1) is 19.5. The highest BCUT2D eigenvalue weighted by Gasteiger charge is 2.58. The Labute approximate surface area is 171 Å². The molecule has 0 radical (unpaired) electrons. The van der Waals surface area contributed by atoms with Gasteiger partial charge in [0, 0.05) is 19.0 Å². The summed E-state index contributed by atoms with van der Waals surface area (Å²) in [7, 11) is 0. The number of carbonyl (C=O) groups is 1. The van der Waals surface area contributed by atoms with Crippen molar-refractivity contribution in [1.82, 2.24) is 4.90 Å². The lowest BCUT2D eigenvalue weighted by molar-refractivity contribution is -0.131. The summed E-state index contributed by atoms with van der Waals surface area (Å²) in [5.74, 6) is 6.38. The highest BCUT2D eigenvalue weighted by Crippen LogP contribution is 2.64. The van der Waals surface area contributed by atoms with Crippen LogP contribution in [0.1, 0.15) is 78.1 Å². The molecule has 158 valence electrons. The molecule has 5 fully saturated rings. The van der Waals surface area contributed by atoms with Gasteiger partial charge in [-0.2, -0.15) is 0 Å². The number of hydrogen-bond donors (Lipinski definition) is 1. The summed E-state index contributed by atoms with van der Waals surface area (Å²) in [5.41, 5.74) is 0.255.